The highest BCUT2D eigenvalue weighted by atomic mass is 16.7. The highest BCUT2D eigenvalue weighted by Crippen LogP contribution is 2.50. The van der Waals surface area contributed by atoms with Gasteiger partial charge in [-0.25, -0.2) is 0 Å². The molecule has 0 spiro atoms. The molecule has 1 aliphatic heterocycles. The van der Waals surface area contributed by atoms with E-state index < -0.39 is 43.1 Å². The van der Waals surface area contributed by atoms with E-state index in [9.17, 15) is 35.4 Å². The Morgan fingerprint density at radius 1 is 0.927 bits per heavy atom. The summed E-state index contributed by atoms with van der Waals surface area (Å²) in [6.45, 7) is 1.69. The number of rotatable bonds is 11. The third kappa shape index (κ3) is 6.89. The number of benzene rings is 3. The van der Waals surface area contributed by atoms with Crippen molar-refractivity contribution in [3.05, 3.63) is 60.7 Å². The summed E-state index contributed by atoms with van der Waals surface area (Å²) < 4.78 is 22.0. The van der Waals surface area contributed by atoms with Crippen molar-refractivity contribution in [1.82, 2.24) is 0 Å². The number of aliphatic hydroxyl groups excluding tert-OH is 4. The van der Waals surface area contributed by atoms with Crippen molar-refractivity contribution < 1.29 is 54.4 Å². The Kier molecular flexibility index (Phi) is 10.0. The third-order valence-corrected chi connectivity index (χ3v) is 6.64. The zero-order valence-electron chi connectivity index (χ0n) is 22.4. The molecule has 0 aromatic heterocycles. The van der Waals surface area contributed by atoms with Crippen molar-refractivity contribution in [3.63, 3.8) is 0 Å². The number of carbonyl (C=O) groups excluding carboxylic acids is 1. The van der Waals surface area contributed by atoms with Gasteiger partial charge in [0.1, 0.15) is 35.9 Å². The molecule has 11 nitrogen and oxygen atoms in total. The van der Waals surface area contributed by atoms with Crippen molar-refractivity contribution in [2.24, 2.45) is 0 Å². The van der Waals surface area contributed by atoms with Gasteiger partial charge >= 0.3 is 5.97 Å². The third-order valence-electron chi connectivity index (χ3n) is 6.64. The number of aliphatic hydroxyl groups is 4. The zero-order chi connectivity index (χ0) is 29.5. The fraction of sp³-hybridized carbons (Fsp3) is 0.367. The van der Waals surface area contributed by atoms with E-state index in [0.717, 1.165) is 0 Å². The molecule has 5 atom stereocenters. The van der Waals surface area contributed by atoms with Crippen LogP contribution >= 0.6 is 0 Å². The van der Waals surface area contributed by atoms with Gasteiger partial charge in [-0.2, -0.15) is 0 Å². The maximum atomic E-state index is 11.5. The van der Waals surface area contributed by atoms with Crippen LogP contribution in [-0.2, 0) is 14.3 Å². The summed E-state index contributed by atoms with van der Waals surface area (Å²) >= 11 is 0. The topological polar surface area (TPSA) is 175 Å². The number of hydrogen-bond donors (Lipinski definition) is 6. The van der Waals surface area contributed by atoms with Crippen LogP contribution in [0.25, 0.3) is 22.3 Å². The number of hydrogen-bond acceptors (Lipinski definition) is 11. The number of phenolic OH excluding ortho intramolecular Hbond substituents is 2. The van der Waals surface area contributed by atoms with E-state index in [1.165, 1.54) is 6.07 Å². The maximum absolute atomic E-state index is 11.5. The maximum Gasteiger partial charge on any atom is 0.305 e. The van der Waals surface area contributed by atoms with E-state index >= 15 is 0 Å². The molecule has 0 amide bonds. The summed E-state index contributed by atoms with van der Waals surface area (Å²) in [5, 5.41) is 62.8. The molecule has 0 saturated carbocycles. The molecule has 0 aliphatic carbocycles. The Labute approximate surface area is 236 Å². The molecule has 0 unspecified atom stereocenters. The quantitative estimate of drug-likeness (QED) is 0.147. The summed E-state index contributed by atoms with van der Waals surface area (Å²) in [6.07, 6.45) is -7.10. The van der Waals surface area contributed by atoms with Gasteiger partial charge in [0, 0.05) is 12.0 Å². The molecule has 0 bridgehead atoms. The largest absolute Gasteiger partial charge is 0.507 e. The van der Waals surface area contributed by atoms with E-state index in [-0.39, 0.29) is 41.6 Å². The molecule has 220 valence electrons. The fourth-order valence-corrected chi connectivity index (χ4v) is 4.51. The average molecular weight is 571 g/mol. The lowest BCUT2D eigenvalue weighted by molar-refractivity contribution is -0.277. The van der Waals surface area contributed by atoms with Crippen LogP contribution in [0.5, 0.6) is 23.0 Å². The van der Waals surface area contributed by atoms with Crippen LogP contribution in [0.2, 0.25) is 0 Å². The second-order valence-electron chi connectivity index (χ2n) is 9.46. The minimum absolute atomic E-state index is 0.0653. The smallest absolute Gasteiger partial charge is 0.305 e. The number of phenols is 2. The van der Waals surface area contributed by atoms with Gasteiger partial charge in [-0.3, -0.25) is 4.79 Å². The van der Waals surface area contributed by atoms with Gasteiger partial charge in [0.2, 0.25) is 6.29 Å². The molecule has 4 rings (SSSR count). The minimum Gasteiger partial charge on any atom is -0.507 e. The van der Waals surface area contributed by atoms with Crippen molar-refractivity contribution in [2.45, 2.75) is 50.5 Å². The molecular weight excluding hydrogens is 536 g/mol. The van der Waals surface area contributed by atoms with Crippen LogP contribution in [0.15, 0.2) is 60.7 Å². The Balaban J connectivity index is 1.65. The lowest BCUT2D eigenvalue weighted by Gasteiger charge is -2.39. The Morgan fingerprint density at radius 3 is 2.29 bits per heavy atom. The summed E-state index contributed by atoms with van der Waals surface area (Å²) in [5.41, 5.74) is 1.27. The van der Waals surface area contributed by atoms with Crippen molar-refractivity contribution in [2.75, 3.05) is 19.8 Å². The van der Waals surface area contributed by atoms with Crippen LogP contribution in [0.3, 0.4) is 0 Å². The van der Waals surface area contributed by atoms with Gasteiger partial charge in [-0.15, -0.1) is 0 Å². The van der Waals surface area contributed by atoms with Crippen LogP contribution in [-0.4, -0.2) is 87.1 Å². The lowest BCUT2D eigenvalue weighted by atomic mass is 9.96. The standard InChI is InChI=1S/C30H34O11/c1-2-38-23(33)9-6-14-39-19-12-10-17(11-13-19)20-15-21(32)24(18-7-4-3-5-8-18)26(35)29(20)41-30-28(37)27(36)25(34)22(16-31)40-30/h3-5,7-8,10-13,15,22,25,27-28,30-32,34-37H,2,6,9,14,16H2,1H3/t22-,25-,27+,28-,30+/m1/s1. The number of aromatic hydroxyl groups is 2. The predicted octanol–water partition coefficient (Wildman–Crippen LogP) is 2.33. The Morgan fingerprint density at radius 2 is 1.63 bits per heavy atom. The van der Waals surface area contributed by atoms with E-state index in [1.807, 2.05) is 0 Å². The predicted molar refractivity (Wildman–Crippen MR) is 146 cm³/mol. The molecule has 1 saturated heterocycles. The molecule has 41 heavy (non-hydrogen) atoms. The van der Waals surface area contributed by atoms with Crippen molar-refractivity contribution in [1.29, 1.82) is 0 Å². The first-order valence-corrected chi connectivity index (χ1v) is 13.3. The molecule has 1 heterocycles. The van der Waals surface area contributed by atoms with Gasteiger partial charge in [0.05, 0.1) is 25.4 Å². The monoisotopic (exact) mass is 570 g/mol. The molecule has 3 aromatic carbocycles. The molecule has 6 N–H and O–H groups in total. The van der Waals surface area contributed by atoms with E-state index in [4.69, 9.17) is 18.9 Å². The second kappa shape index (κ2) is 13.7. The number of ether oxygens (including phenoxy) is 4. The van der Waals surface area contributed by atoms with Crippen molar-refractivity contribution >= 4 is 5.97 Å². The lowest BCUT2D eigenvalue weighted by Crippen LogP contribution is -2.60. The van der Waals surface area contributed by atoms with Gasteiger partial charge in [-0.1, -0.05) is 42.5 Å². The number of esters is 1. The second-order valence-corrected chi connectivity index (χ2v) is 9.46. The summed E-state index contributed by atoms with van der Waals surface area (Å²) in [7, 11) is 0. The van der Waals surface area contributed by atoms with Gasteiger partial charge < -0.3 is 49.6 Å². The van der Waals surface area contributed by atoms with Crippen LogP contribution in [0, 0.1) is 0 Å². The number of carbonyl (C=O) groups is 1. The van der Waals surface area contributed by atoms with Crippen LogP contribution in [0.1, 0.15) is 19.8 Å². The summed E-state index contributed by atoms with van der Waals surface area (Å²) in [4.78, 5) is 11.5. The molecule has 1 fully saturated rings. The molecule has 1 aliphatic rings. The van der Waals surface area contributed by atoms with Gasteiger partial charge in [0.25, 0.3) is 0 Å². The van der Waals surface area contributed by atoms with E-state index in [2.05, 4.69) is 0 Å². The van der Waals surface area contributed by atoms with Crippen LogP contribution in [0.4, 0.5) is 0 Å². The first kappa shape index (κ1) is 30.1. The molecule has 11 heteroatoms. The summed E-state index contributed by atoms with van der Waals surface area (Å²) in [5.74, 6) is -0.652. The first-order chi connectivity index (χ1) is 19.7. The summed E-state index contributed by atoms with van der Waals surface area (Å²) in [6, 6.07) is 16.6. The molecule has 0 radical (unpaired) electrons. The SMILES string of the molecule is CCOC(=O)CCCOc1ccc(-c2cc(O)c(-c3ccccc3)c(O)c2O[C@@H]2O[C@H](CO)[C@@H](O)[C@H](O)[C@H]2O)cc1. The highest BCUT2D eigenvalue weighted by molar-refractivity contribution is 5.87. The van der Waals surface area contributed by atoms with Gasteiger partial charge in [0.15, 0.2) is 11.5 Å². The minimum atomic E-state index is -1.72. The van der Waals surface area contributed by atoms with E-state index in [1.54, 1.807) is 61.5 Å². The molecule has 3 aromatic rings. The molecular formula is C30H34O11. The van der Waals surface area contributed by atoms with Crippen LogP contribution < -0.4 is 9.47 Å². The van der Waals surface area contributed by atoms with Crippen molar-refractivity contribution in [3.8, 4) is 45.3 Å². The Hall–Kier alpha value is -3.87. The zero-order valence-corrected chi connectivity index (χ0v) is 22.4. The highest BCUT2D eigenvalue weighted by Gasteiger charge is 2.45. The Bertz CT molecular complexity index is 1290. The van der Waals surface area contributed by atoms with E-state index in [0.29, 0.717) is 29.9 Å². The fourth-order valence-electron chi connectivity index (χ4n) is 4.51. The van der Waals surface area contributed by atoms with Gasteiger partial charge in [-0.05, 0) is 42.7 Å². The first-order valence-electron chi connectivity index (χ1n) is 13.3. The average Bonchev–Trinajstić information content (AvgIpc) is 2.97. The normalized spacial score (nSPS) is 22.2.